The van der Waals surface area contributed by atoms with Crippen LogP contribution in [0, 0.1) is 10.1 Å². The molecule has 0 aromatic heterocycles. The highest BCUT2D eigenvalue weighted by atomic mass is 32.2. The van der Waals surface area contributed by atoms with E-state index < -0.39 is 16.1 Å². The summed E-state index contributed by atoms with van der Waals surface area (Å²) in [7, 11) is 0. The summed E-state index contributed by atoms with van der Waals surface area (Å²) >= 11 is 1.13. The predicted molar refractivity (Wildman–Crippen MR) is 89.3 cm³/mol. The van der Waals surface area contributed by atoms with Crippen LogP contribution in [-0.2, 0) is 4.79 Å². The molecule has 1 atom stereocenters. The van der Waals surface area contributed by atoms with Crippen molar-refractivity contribution < 1.29 is 19.6 Å². The Morgan fingerprint density at radius 1 is 1.25 bits per heavy atom. The number of ketones is 1. The van der Waals surface area contributed by atoms with Crippen molar-refractivity contribution in [3.05, 3.63) is 64.2 Å². The number of carbonyl (C=O) groups excluding carboxylic acids is 2. The van der Waals surface area contributed by atoms with Gasteiger partial charge in [0.2, 0.25) is 5.91 Å². The van der Waals surface area contributed by atoms with Crippen LogP contribution in [0.4, 0.5) is 11.4 Å². The minimum Gasteiger partial charge on any atom is -0.507 e. The van der Waals surface area contributed by atoms with Gasteiger partial charge in [0.25, 0.3) is 5.69 Å². The molecule has 2 aromatic rings. The monoisotopic (exact) mass is 344 g/mol. The number of nitro benzene ring substituents is 1. The van der Waals surface area contributed by atoms with E-state index in [-0.39, 0.29) is 34.3 Å². The number of hydrogen-bond acceptors (Lipinski definition) is 6. The van der Waals surface area contributed by atoms with Gasteiger partial charge in [-0.3, -0.25) is 24.6 Å². The van der Waals surface area contributed by atoms with E-state index >= 15 is 0 Å². The summed E-state index contributed by atoms with van der Waals surface area (Å²) in [5, 5.41) is 19.9. The van der Waals surface area contributed by atoms with Gasteiger partial charge in [0, 0.05) is 12.1 Å². The zero-order valence-electron chi connectivity index (χ0n) is 12.3. The third kappa shape index (κ3) is 2.83. The van der Waals surface area contributed by atoms with Crippen molar-refractivity contribution in [3.63, 3.8) is 0 Å². The van der Waals surface area contributed by atoms with Crippen LogP contribution >= 0.6 is 11.8 Å². The van der Waals surface area contributed by atoms with Crippen molar-refractivity contribution in [1.82, 2.24) is 0 Å². The number of nitrogens with zero attached hydrogens (tertiary/aromatic N) is 2. The van der Waals surface area contributed by atoms with Gasteiger partial charge in [-0.1, -0.05) is 18.2 Å². The molecule has 0 radical (unpaired) electrons. The number of Topliss-reactive ketones (excluding diaryl/α,β-unsaturated/α-hetero) is 1. The quantitative estimate of drug-likeness (QED) is 0.520. The van der Waals surface area contributed by atoms with Crippen molar-refractivity contribution in [2.24, 2.45) is 0 Å². The first-order valence-electron chi connectivity index (χ1n) is 6.99. The maximum atomic E-state index is 12.7. The second kappa shape index (κ2) is 6.32. The summed E-state index contributed by atoms with van der Waals surface area (Å²) in [6, 6.07) is 11.7. The Balaban J connectivity index is 1.98. The topological polar surface area (TPSA) is 101 Å². The molecule has 0 saturated carbocycles. The Morgan fingerprint density at radius 3 is 2.71 bits per heavy atom. The summed E-state index contributed by atoms with van der Waals surface area (Å²) in [4.78, 5) is 36.5. The van der Waals surface area contributed by atoms with Gasteiger partial charge in [-0.05, 0) is 18.2 Å². The highest BCUT2D eigenvalue weighted by molar-refractivity contribution is 8.02. The van der Waals surface area contributed by atoms with Crippen molar-refractivity contribution in [3.8, 4) is 5.75 Å². The van der Waals surface area contributed by atoms with Crippen LogP contribution in [0.2, 0.25) is 0 Å². The van der Waals surface area contributed by atoms with Crippen LogP contribution in [0.1, 0.15) is 10.4 Å². The lowest BCUT2D eigenvalue weighted by Gasteiger charge is -2.23. The van der Waals surface area contributed by atoms with Gasteiger partial charge in [0.1, 0.15) is 11.1 Å². The first-order valence-corrected chi connectivity index (χ1v) is 8.04. The molecule has 3 rings (SSSR count). The van der Waals surface area contributed by atoms with E-state index in [0.717, 1.165) is 11.8 Å². The maximum absolute atomic E-state index is 12.7. The molecule has 0 aliphatic carbocycles. The molecule has 8 heteroatoms. The van der Waals surface area contributed by atoms with E-state index in [2.05, 4.69) is 0 Å². The molecule has 2 aromatic carbocycles. The number of anilines is 1. The summed E-state index contributed by atoms with van der Waals surface area (Å²) in [6.07, 6.45) is 0. The molecule has 1 fully saturated rings. The third-order valence-electron chi connectivity index (χ3n) is 3.58. The van der Waals surface area contributed by atoms with Gasteiger partial charge in [0.15, 0.2) is 5.78 Å². The molecule has 1 heterocycles. The van der Waals surface area contributed by atoms with Crippen LogP contribution in [-0.4, -0.2) is 32.8 Å². The van der Waals surface area contributed by atoms with Crippen LogP contribution in [0.15, 0.2) is 48.5 Å². The Hall–Kier alpha value is -2.87. The molecule has 0 bridgehead atoms. The van der Waals surface area contributed by atoms with E-state index in [0.29, 0.717) is 0 Å². The molecule has 1 unspecified atom stereocenters. The first kappa shape index (κ1) is 16.0. The van der Waals surface area contributed by atoms with Gasteiger partial charge in [-0.15, -0.1) is 11.8 Å². The van der Waals surface area contributed by atoms with E-state index in [4.69, 9.17) is 0 Å². The van der Waals surface area contributed by atoms with Gasteiger partial charge in [0.05, 0.1) is 21.9 Å². The lowest BCUT2D eigenvalue weighted by Crippen LogP contribution is -2.38. The van der Waals surface area contributed by atoms with Crippen LogP contribution in [0.5, 0.6) is 5.75 Å². The summed E-state index contributed by atoms with van der Waals surface area (Å²) in [5.74, 6) is -0.807. The predicted octanol–water partition coefficient (Wildman–Crippen LogP) is 2.59. The van der Waals surface area contributed by atoms with Gasteiger partial charge < -0.3 is 5.11 Å². The number of amides is 1. The van der Waals surface area contributed by atoms with Crippen LogP contribution < -0.4 is 4.90 Å². The number of non-ortho nitro benzene ring substituents is 1. The Labute approximate surface area is 141 Å². The molecular formula is C16H12N2O5S. The van der Waals surface area contributed by atoms with E-state index in [1.165, 1.54) is 35.2 Å². The molecule has 0 spiro atoms. The SMILES string of the molecule is O=C(c1ccccc1O)C1SCC(=O)N1c1cccc([N+](=O)[O-])c1. The zero-order valence-corrected chi connectivity index (χ0v) is 13.1. The van der Waals surface area contributed by atoms with E-state index in [1.54, 1.807) is 18.2 Å². The van der Waals surface area contributed by atoms with E-state index in [1.807, 2.05) is 0 Å². The van der Waals surface area contributed by atoms with Gasteiger partial charge in [-0.25, -0.2) is 0 Å². The van der Waals surface area contributed by atoms with Crippen molar-refractivity contribution in [2.45, 2.75) is 5.37 Å². The lowest BCUT2D eigenvalue weighted by atomic mass is 10.1. The highest BCUT2D eigenvalue weighted by Gasteiger charge is 2.39. The zero-order chi connectivity index (χ0) is 17.3. The molecule has 24 heavy (non-hydrogen) atoms. The van der Waals surface area contributed by atoms with Crippen molar-refractivity contribution in [1.29, 1.82) is 0 Å². The molecule has 1 N–H and O–H groups in total. The second-order valence-corrected chi connectivity index (χ2v) is 6.15. The Morgan fingerprint density at radius 2 is 2.00 bits per heavy atom. The fourth-order valence-electron chi connectivity index (χ4n) is 2.47. The fourth-order valence-corrected chi connectivity index (χ4v) is 3.58. The molecule has 7 nitrogen and oxygen atoms in total. The third-order valence-corrected chi connectivity index (χ3v) is 4.73. The number of thioether (sulfide) groups is 1. The summed E-state index contributed by atoms with van der Waals surface area (Å²) < 4.78 is 0. The minimum atomic E-state index is -0.868. The number of hydrogen-bond donors (Lipinski definition) is 1. The normalized spacial score (nSPS) is 17.1. The Bertz CT molecular complexity index is 839. The smallest absolute Gasteiger partial charge is 0.271 e. The molecular weight excluding hydrogens is 332 g/mol. The number of aromatic hydroxyl groups is 1. The number of nitro groups is 1. The summed E-state index contributed by atoms with van der Waals surface area (Å²) in [6.45, 7) is 0. The molecule has 1 aliphatic heterocycles. The number of phenolic OH excluding ortho intramolecular Hbond substituents is 1. The van der Waals surface area contributed by atoms with Crippen molar-refractivity contribution in [2.75, 3.05) is 10.7 Å². The number of phenols is 1. The van der Waals surface area contributed by atoms with Crippen LogP contribution in [0.3, 0.4) is 0 Å². The maximum Gasteiger partial charge on any atom is 0.271 e. The van der Waals surface area contributed by atoms with Gasteiger partial charge in [-0.2, -0.15) is 0 Å². The largest absolute Gasteiger partial charge is 0.507 e. The standard InChI is InChI=1S/C16H12N2O5S/c19-13-7-2-1-6-12(13)15(21)16-17(14(20)9-24-16)10-4-3-5-11(8-10)18(22)23/h1-8,16,19H,9H2. The van der Waals surface area contributed by atoms with Gasteiger partial charge >= 0.3 is 0 Å². The molecule has 1 amide bonds. The molecule has 1 saturated heterocycles. The number of rotatable bonds is 4. The average molecular weight is 344 g/mol. The first-order chi connectivity index (χ1) is 11.5. The highest BCUT2D eigenvalue weighted by Crippen LogP contribution is 2.35. The number of para-hydroxylation sites is 1. The van der Waals surface area contributed by atoms with Crippen molar-refractivity contribution >= 4 is 34.8 Å². The minimum absolute atomic E-state index is 0.0900. The fraction of sp³-hybridized carbons (Fsp3) is 0.125. The molecule has 122 valence electrons. The number of carbonyl (C=O) groups is 2. The van der Waals surface area contributed by atoms with Crippen LogP contribution in [0.25, 0.3) is 0 Å². The molecule has 1 aliphatic rings. The Kier molecular flexibility index (Phi) is 4.22. The lowest BCUT2D eigenvalue weighted by molar-refractivity contribution is -0.384. The summed E-state index contributed by atoms with van der Waals surface area (Å²) in [5.41, 5.74) is 0.235. The average Bonchev–Trinajstić information content (AvgIpc) is 2.96. The second-order valence-electron chi connectivity index (χ2n) is 5.09. The number of benzene rings is 2. The van der Waals surface area contributed by atoms with E-state index in [9.17, 15) is 24.8 Å².